The number of hydrogen-bond donors (Lipinski definition) is 0. The van der Waals surface area contributed by atoms with Crippen LogP contribution in [0, 0.1) is 20.8 Å². The van der Waals surface area contributed by atoms with Gasteiger partial charge in [-0.05, 0) is 87.7 Å². The number of aryl methyl sites for hydroxylation is 2. The Bertz CT molecular complexity index is 1010. The lowest BCUT2D eigenvalue weighted by molar-refractivity contribution is 0.0592. The highest BCUT2D eigenvalue weighted by Crippen LogP contribution is 2.48. The molecule has 4 nitrogen and oxygen atoms in total. The molecule has 0 spiro atoms. The molecule has 0 N–H and O–H groups in total. The highest BCUT2D eigenvalue weighted by molar-refractivity contribution is 5.92. The maximum atomic E-state index is 12.8. The number of allylic oxidation sites excluding steroid dienone is 1. The van der Waals surface area contributed by atoms with Gasteiger partial charge in [-0.3, -0.25) is 4.90 Å². The van der Waals surface area contributed by atoms with E-state index in [0.717, 1.165) is 54.0 Å². The van der Waals surface area contributed by atoms with Gasteiger partial charge in [-0.2, -0.15) is 0 Å². The summed E-state index contributed by atoms with van der Waals surface area (Å²) < 4.78 is 11.3. The minimum absolute atomic E-state index is 0.0565. The smallest absolute Gasteiger partial charge is 0.343 e. The van der Waals surface area contributed by atoms with Crippen LogP contribution in [0.25, 0.3) is 0 Å². The van der Waals surface area contributed by atoms with Crippen LogP contribution in [0.4, 0.5) is 0 Å². The van der Waals surface area contributed by atoms with Crippen LogP contribution in [-0.4, -0.2) is 37.6 Å². The maximum Gasteiger partial charge on any atom is 0.343 e. The molecule has 2 aromatic carbocycles. The molecule has 0 aromatic heterocycles. The van der Waals surface area contributed by atoms with Crippen LogP contribution in [-0.2, 0) is 10.2 Å². The molecule has 4 heteroatoms. The molecule has 4 rings (SSSR count). The van der Waals surface area contributed by atoms with Gasteiger partial charge in [0, 0.05) is 17.9 Å². The highest BCUT2D eigenvalue weighted by Gasteiger charge is 2.48. The number of hydrogen-bond acceptors (Lipinski definition) is 4. The second-order valence-corrected chi connectivity index (χ2v) is 8.79. The van der Waals surface area contributed by atoms with E-state index in [1.165, 1.54) is 5.56 Å². The van der Waals surface area contributed by atoms with E-state index in [-0.39, 0.29) is 17.4 Å². The van der Waals surface area contributed by atoms with E-state index in [1.807, 2.05) is 32.0 Å². The van der Waals surface area contributed by atoms with Crippen molar-refractivity contribution in [2.45, 2.75) is 51.5 Å². The molecule has 1 aliphatic carbocycles. The summed E-state index contributed by atoms with van der Waals surface area (Å²) in [5.41, 5.74) is 5.31. The molecule has 2 aromatic rings. The van der Waals surface area contributed by atoms with Gasteiger partial charge in [0.25, 0.3) is 0 Å². The van der Waals surface area contributed by atoms with Gasteiger partial charge < -0.3 is 9.47 Å². The number of fused-ring (bicyclic) bond motifs is 1. The Hall–Kier alpha value is -2.59. The lowest BCUT2D eigenvalue weighted by Crippen LogP contribution is -2.42. The fourth-order valence-corrected chi connectivity index (χ4v) is 5.13. The summed E-state index contributed by atoms with van der Waals surface area (Å²) in [6, 6.07) is 12.6. The van der Waals surface area contributed by atoms with Gasteiger partial charge in [0.1, 0.15) is 11.5 Å². The molecule has 30 heavy (non-hydrogen) atoms. The van der Waals surface area contributed by atoms with E-state index < -0.39 is 0 Å². The molecule has 0 radical (unpaired) electrons. The lowest BCUT2D eigenvalue weighted by atomic mass is 9.68. The van der Waals surface area contributed by atoms with E-state index in [0.29, 0.717) is 5.56 Å². The fourth-order valence-electron chi connectivity index (χ4n) is 5.13. The standard InChI is InChI=1S/C26H31NO3/c1-17-7-6-8-22(19(17)3)25(28)30-21-11-12-26(13-14-27(4)24(26)16-21)20-9-10-23(29-5)18(2)15-20/h6-10,15-16,24H,11-14H2,1-5H3/t24-,26-/m0/s1. The largest absolute Gasteiger partial charge is 0.496 e. The van der Waals surface area contributed by atoms with Gasteiger partial charge in [0.15, 0.2) is 0 Å². The number of benzene rings is 2. The maximum absolute atomic E-state index is 12.8. The predicted octanol–water partition coefficient (Wildman–Crippen LogP) is 5.10. The molecule has 1 saturated heterocycles. The van der Waals surface area contributed by atoms with Crippen molar-refractivity contribution in [1.82, 2.24) is 4.90 Å². The number of ether oxygens (including phenoxy) is 2. The molecule has 1 aliphatic heterocycles. The van der Waals surface area contributed by atoms with Crippen molar-refractivity contribution < 1.29 is 14.3 Å². The van der Waals surface area contributed by atoms with Crippen LogP contribution in [0.3, 0.4) is 0 Å². The van der Waals surface area contributed by atoms with Crippen LogP contribution < -0.4 is 4.74 Å². The van der Waals surface area contributed by atoms with E-state index in [2.05, 4.69) is 43.1 Å². The minimum Gasteiger partial charge on any atom is -0.496 e. The van der Waals surface area contributed by atoms with Gasteiger partial charge in [0.05, 0.1) is 12.7 Å². The first-order chi connectivity index (χ1) is 14.4. The monoisotopic (exact) mass is 405 g/mol. The Kier molecular flexibility index (Phi) is 5.46. The van der Waals surface area contributed by atoms with Crippen LogP contribution >= 0.6 is 0 Å². The second kappa shape index (κ2) is 7.92. The van der Waals surface area contributed by atoms with Gasteiger partial charge in [-0.15, -0.1) is 0 Å². The number of nitrogens with zero attached hydrogens (tertiary/aromatic N) is 1. The van der Waals surface area contributed by atoms with Crippen LogP contribution in [0.1, 0.15) is 51.9 Å². The zero-order chi connectivity index (χ0) is 21.5. The number of likely N-dealkylation sites (N-methyl/N-ethyl adjacent to an activating group) is 1. The van der Waals surface area contributed by atoms with Crippen molar-refractivity contribution in [2.24, 2.45) is 0 Å². The van der Waals surface area contributed by atoms with E-state index in [4.69, 9.17) is 9.47 Å². The van der Waals surface area contributed by atoms with Crippen molar-refractivity contribution in [3.63, 3.8) is 0 Å². The molecule has 158 valence electrons. The number of likely N-dealkylation sites (tertiary alicyclic amines) is 1. The molecule has 1 heterocycles. The average Bonchev–Trinajstić information content (AvgIpc) is 3.07. The summed E-state index contributed by atoms with van der Waals surface area (Å²) in [4.78, 5) is 15.2. The molecule has 0 bridgehead atoms. The van der Waals surface area contributed by atoms with Gasteiger partial charge in [-0.25, -0.2) is 4.79 Å². The Morgan fingerprint density at radius 3 is 2.63 bits per heavy atom. The van der Waals surface area contributed by atoms with E-state index in [9.17, 15) is 4.79 Å². The zero-order valence-corrected chi connectivity index (χ0v) is 18.6. The Balaban J connectivity index is 1.62. The van der Waals surface area contributed by atoms with Crippen LogP contribution in [0.15, 0.2) is 48.2 Å². The number of methoxy groups -OCH3 is 1. The number of carbonyl (C=O) groups is 1. The van der Waals surface area contributed by atoms with E-state index >= 15 is 0 Å². The molecule has 0 saturated carbocycles. The summed E-state index contributed by atoms with van der Waals surface area (Å²) in [6.07, 6.45) is 5.03. The summed E-state index contributed by atoms with van der Waals surface area (Å²) in [5.74, 6) is 1.46. The van der Waals surface area contributed by atoms with E-state index in [1.54, 1.807) is 7.11 Å². The van der Waals surface area contributed by atoms with Crippen molar-refractivity contribution in [3.8, 4) is 5.75 Å². The van der Waals surface area contributed by atoms with Gasteiger partial charge >= 0.3 is 5.97 Å². The molecule has 1 fully saturated rings. The summed E-state index contributed by atoms with van der Waals surface area (Å²) >= 11 is 0. The molecule has 0 unspecified atom stereocenters. The van der Waals surface area contributed by atoms with Crippen LogP contribution in [0.5, 0.6) is 5.75 Å². The lowest BCUT2D eigenvalue weighted by Gasteiger charge is -2.40. The van der Waals surface area contributed by atoms with Crippen molar-refractivity contribution >= 4 is 5.97 Å². The first-order valence-corrected chi connectivity index (χ1v) is 10.7. The topological polar surface area (TPSA) is 38.8 Å². The Morgan fingerprint density at radius 2 is 1.90 bits per heavy atom. The molecular formula is C26H31NO3. The normalized spacial score (nSPS) is 23.6. The van der Waals surface area contributed by atoms with Crippen LogP contribution in [0.2, 0.25) is 0 Å². The summed E-state index contributed by atoms with van der Waals surface area (Å²) in [6.45, 7) is 7.13. The quantitative estimate of drug-likeness (QED) is 0.664. The summed E-state index contributed by atoms with van der Waals surface area (Å²) in [7, 11) is 3.88. The number of rotatable bonds is 4. The van der Waals surface area contributed by atoms with Crippen molar-refractivity contribution in [3.05, 3.63) is 76.1 Å². The Morgan fingerprint density at radius 1 is 1.10 bits per heavy atom. The Labute approximate surface area is 179 Å². The first kappa shape index (κ1) is 20.7. The second-order valence-electron chi connectivity index (χ2n) is 8.79. The van der Waals surface area contributed by atoms with Crippen molar-refractivity contribution in [1.29, 1.82) is 0 Å². The first-order valence-electron chi connectivity index (χ1n) is 10.7. The SMILES string of the molecule is COc1ccc([C@@]23CCC(OC(=O)c4cccc(C)c4C)=C[C@@H]2N(C)CC3)cc1C. The van der Waals surface area contributed by atoms with Gasteiger partial charge in [-0.1, -0.05) is 24.3 Å². The zero-order valence-electron chi connectivity index (χ0n) is 18.6. The minimum atomic E-state index is -0.254. The molecule has 2 atom stereocenters. The molecule has 0 amide bonds. The molecular weight excluding hydrogens is 374 g/mol. The highest BCUT2D eigenvalue weighted by atomic mass is 16.5. The predicted molar refractivity (Wildman–Crippen MR) is 119 cm³/mol. The van der Waals surface area contributed by atoms with Crippen molar-refractivity contribution in [2.75, 3.05) is 20.7 Å². The number of esters is 1. The third-order valence-electron chi connectivity index (χ3n) is 7.13. The third-order valence-corrected chi connectivity index (χ3v) is 7.13. The molecule has 2 aliphatic rings. The average molecular weight is 406 g/mol. The fraction of sp³-hybridized carbons (Fsp3) is 0.423. The third kappa shape index (κ3) is 3.43. The summed E-state index contributed by atoms with van der Waals surface area (Å²) in [5, 5.41) is 0. The van der Waals surface area contributed by atoms with Gasteiger partial charge in [0.2, 0.25) is 0 Å². The number of carbonyl (C=O) groups excluding carboxylic acids is 1.